The Hall–Kier alpha value is -3.78. The van der Waals surface area contributed by atoms with E-state index in [1.165, 1.54) is 6.26 Å². The number of rotatable bonds is 6. The molecule has 2 amide bonds. The van der Waals surface area contributed by atoms with Crippen LogP contribution in [0.4, 0.5) is 10.7 Å². The number of furan rings is 1. The number of urea groups is 1. The summed E-state index contributed by atoms with van der Waals surface area (Å²) in [5.41, 5.74) is 1.18. The van der Waals surface area contributed by atoms with Crippen LogP contribution in [0.15, 0.2) is 38.5 Å². The number of anilines is 1. The molecule has 2 aromatic heterocycles. The molecule has 0 saturated carbocycles. The van der Waals surface area contributed by atoms with Crippen molar-refractivity contribution in [1.82, 2.24) is 20.5 Å². The van der Waals surface area contributed by atoms with Crippen LogP contribution < -0.4 is 15.5 Å². The molecule has 0 unspecified atom stereocenters. The van der Waals surface area contributed by atoms with Gasteiger partial charge in [-0.25, -0.2) is 9.59 Å². The molecule has 4 rings (SSSR count). The molecule has 0 aliphatic carbocycles. The van der Waals surface area contributed by atoms with Gasteiger partial charge in [-0.2, -0.15) is 10.2 Å². The van der Waals surface area contributed by atoms with Crippen molar-refractivity contribution < 1.29 is 23.2 Å². The summed E-state index contributed by atoms with van der Waals surface area (Å²) in [6.45, 7) is 5.03. The van der Waals surface area contributed by atoms with Gasteiger partial charge in [0.2, 0.25) is 11.6 Å². The summed E-state index contributed by atoms with van der Waals surface area (Å²) >= 11 is 0. The Morgan fingerprint density at radius 1 is 1.35 bits per heavy atom. The zero-order valence-corrected chi connectivity index (χ0v) is 17.0. The number of esters is 1. The summed E-state index contributed by atoms with van der Waals surface area (Å²) in [5.74, 6) is 0.701. The van der Waals surface area contributed by atoms with Gasteiger partial charge >= 0.3 is 12.0 Å². The number of nitrogens with one attached hydrogen (secondary N) is 2. The van der Waals surface area contributed by atoms with E-state index in [-0.39, 0.29) is 30.8 Å². The molecule has 0 radical (unpaired) electrons. The Morgan fingerprint density at radius 3 is 2.84 bits per heavy atom. The fraction of sp³-hybridized carbons (Fsp3) is 0.400. The number of nitrogens with zero attached hydrogens (tertiary/aromatic N) is 4. The van der Waals surface area contributed by atoms with Crippen molar-refractivity contribution in [2.75, 3.05) is 50.8 Å². The van der Waals surface area contributed by atoms with Crippen molar-refractivity contribution in [3.63, 3.8) is 0 Å². The molecule has 162 valence electrons. The third-order valence-corrected chi connectivity index (χ3v) is 5.06. The van der Waals surface area contributed by atoms with Crippen molar-refractivity contribution >= 4 is 17.9 Å². The van der Waals surface area contributed by atoms with E-state index in [0.717, 1.165) is 0 Å². The van der Waals surface area contributed by atoms with Crippen LogP contribution >= 0.6 is 0 Å². The van der Waals surface area contributed by atoms with Crippen LogP contribution in [0.2, 0.25) is 0 Å². The normalized spacial score (nSPS) is 17.2. The molecule has 0 spiro atoms. The summed E-state index contributed by atoms with van der Waals surface area (Å²) in [4.78, 5) is 32.3. The van der Waals surface area contributed by atoms with Gasteiger partial charge in [-0.15, -0.1) is 0 Å². The van der Waals surface area contributed by atoms with Crippen LogP contribution in [0.5, 0.6) is 0 Å². The molecule has 4 heterocycles. The Bertz CT molecular complexity index is 1030. The molecule has 11 heteroatoms. The molecule has 0 atom stereocenters. The Morgan fingerprint density at radius 2 is 2.16 bits per heavy atom. The monoisotopic (exact) mass is 426 g/mol. The molecule has 1 saturated heterocycles. The zero-order chi connectivity index (χ0) is 21.8. The van der Waals surface area contributed by atoms with Gasteiger partial charge in [-0.1, -0.05) is 0 Å². The standard InChI is InChI=1S/C20H22N6O5/c1-2-29-19(27)13-11-22-20(28)24-15(13)12-25-5-7-26(8-6-25)18-14(10-21)23-17(31-18)16-4-3-9-30-16/h3-4,9H,2,5-8,11-12H2,1H3,(H2,22,24,28). The average molecular weight is 426 g/mol. The van der Waals surface area contributed by atoms with Crippen LogP contribution in [-0.2, 0) is 9.53 Å². The van der Waals surface area contributed by atoms with Gasteiger partial charge in [0.1, 0.15) is 6.07 Å². The van der Waals surface area contributed by atoms with E-state index in [9.17, 15) is 14.9 Å². The SMILES string of the molecule is CCOC(=O)C1=C(CN2CCN(c3oc(-c4ccco4)nc3C#N)CC2)NC(=O)NC1. The van der Waals surface area contributed by atoms with Crippen LogP contribution in [0.25, 0.3) is 11.7 Å². The smallest absolute Gasteiger partial charge is 0.337 e. The Kier molecular flexibility index (Phi) is 5.90. The van der Waals surface area contributed by atoms with Gasteiger partial charge < -0.3 is 29.1 Å². The molecule has 11 nitrogen and oxygen atoms in total. The minimum absolute atomic E-state index is 0.138. The first-order chi connectivity index (χ1) is 15.1. The predicted molar refractivity (Wildman–Crippen MR) is 108 cm³/mol. The lowest BCUT2D eigenvalue weighted by Crippen LogP contribution is -2.51. The van der Waals surface area contributed by atoms with E-state index < -0.39 is 5.97 Å². The lowest BCUT2D eigenvalue weighted by molar-refractivity contribution is -0.138. The van der Waals surface area contributed by atoms with Gasteiger partial charge in [-0.3, -0.25) is 4.90 Å². The molecule has 2 aliphatic heterocycles. The molecule has 31 heavy (non-hydrogen) atoms. The maximum Gasteiger partial charge on any atom is 0.337 e. The van der Waals surface area contributed by atoms with Gasteiger partial charge in [-0.05, 0) is 19.1 Å². The van der Waals surface area contributed by atoms with Gasteiger partial charge in [0, 0.05) is 38.4 Å². The number of ether oxygens (including phenoxy) is 1. The van der Waals surface area contributed by atoms with Crippen molar-refractivity contribution in [2.45, 2.75) is 6.92 Å². The lowest BCUT2D eigenvalue weighted by Gasteiger charge is -2.35. The largest absolute Gasteiger partial charge is 0.463 e. The highest BCUT2D eigenvalue weighted by atomic mass is 16.5. The first-order valence-corrected chi connectivity index (χ1v) is 9.95. The minimum atomic E-state index is -0.436. The van der Waals surface area contributed by atoms with E-state index in [1.807, 2.05) is 4.90 Å². The molecule has 2 aliphatic rings. The first kappa shape index (κ1) is 20.5. The average Bonchev–Trinajstić information content (AvgIpc) is 3.44. The van der Waals surface area contributed by atoms with Gasteiger partial charge in [0.05, 0.1) is 25.0 Å². The summed E-state index contributed by atoms with van der Waals surface area (Å²) in [6.07, 6.45) is 1.52. The van der Waals surface area contributed by atoms with Crippen molar-refractivity contribution in [2.24, 2.45) is 0 Å². The van der Waals surface area contributed by atoms with E-state index >= 15 is 0 Å². The number of carbonyl (C=O) groups is 2. The molecule has 2 aromatic rings. The maximum atomic E-state index is 12.2. The fourth-order valence-corrected chi connectivity index (χ4v) is 3.52. The second-order valence-electron chi connectivity index (χ2n) is 7.01. The van der Waals surface area contributed by atoms with Crippen molar-refractivity contribution in [1.29, 1.82) is 5.26 Å². The molecular weight excluding hydrogens is 404 g/mol. The number of oxazole rings is 1. The zero-order valence-electron chi connectivity index (χ0n) is 17.0. The summed E-state index contributed by atoms with van der Waals surface area (Å²) in [6, 6.07) is 5.18. The van der Waals surface area contributed by atoms with Crippen molar-refractivity contribution in [3.05, 3.63) is 35.4 Å². The quantitative estimate of drug-likeness (QED) is 0.650. The lowest BCUT2D eigenvalue weighted by atomic mass is 10.1. The summed E-state index contributed by atoms with van der Waals surface area (Å²) in [5, 5.41) is 14.8. The third kappa shape index (κ3) is 4.39. The first-order valence-electron chi connectivity index (χ1n) is 9.95. The number of carbonyl (C=O) groups excluding carboxylic acids is 2. The number of piperazine rings is 1. The predicted octanol–water partition coefficient (Wildman–Crippen LogP) is 1.06. The topological polar surface area (TPSA) is 137 Å². The molecule has 1 fully saturated rings. The number of aromatic nitrogens is 1. The fourth-order valence-electron chi connectivity index (χ4n) is 3.52. The molecule has 2 N–H and O–H groups in total. The highest BCUT2D eigenvalue weighted by Crippen LogP contribution is 2.29. The van der Waals surface area contributed by atoms with Crippen LogP contribution in [0.3, 0.4) is 0 Å². The van der Waals surface area contributed by atoms with Crippen LogP contribution in [-0.4, -0.2) is 67.8 Å². The molecule has 0 aromatic carbocycles. The number of hydrogen-bond donors (Lipinski definition) is 2. The Labute approximate surface area is 178 Å². The van der Waals surface area contributed by atoms with E-state index in [0.29, 0.717) is 55.6 Å². The maximum absolute atomic E-state index is 12.2. The number of nitriles is 1. The minimum Gasteiger partial charge on any atom is -0.463 e. The number of amides is 2. The van der Waals surface area contributed by atoms with Crippen molar-refractivity contribution in [3.8, 4) is 17.7 Å². The van der Waals surface area contributed by atoms with Crippen LogP contribution in [0, 0.1) is 11.3 Å². The molecule has 0 bridgehead atoms. The Balaban J connectivity index is 1.44. The van der Waals surface area contributed by atoms with E-state index in [1.54, 1.807) is 19.1 Å². The highest BCUT2D eigenvalue weighted by Gasteiger charge is 2.28. The van der Waals surface area contributed by atoms with E-state index in [2.05, 4.69) is 26.6 Å². The van der Waals surface area contributed by atoms with Gasteiger partial charge in [0.25, 0.3) is 5.89 Å². The second-order valence-corrected chi connectivity index (χ2v) is 7.01. The summed E-state index contributed by atoms with van der Waals surface area (Å²) in [7, 11) is 0. The third-order valence-electron chi connectivity index (χ3n) is 5.06. The van der Waals surface area contributed by atoms with E-state index in [4.69, 9.17) is 13.6 Å². The summed E-state index contributed by atoms with van der Waals surface area (Å²) < 4.78 is 16.2. The highest BCUT2D eigenvalue weighted by molar-refractivity contribution is 5.93. The van der Waals surface area contributed by atoms with Crippen LogP contribution in [0.1, 0.15) is 12.6 Å². The van der Waals surface area contributed by atoms with Gasteiger partial charge in [0.15, 0.2) is 5.76 Å². The number of hydrogen-bond acceptors (Lipinski definition) is 9. The second kappa shape index (κ2) is 8.93. The molecular formula is C20H22N6O5.